The molecule has 7 nitrogen and oxygen atoms in total. The largest absolute Gasteiger partial charge is 0.496 e. The van der Waals surface area contributed by atoms with E-state index in [0.29, 0.717) is 18.4 Å². The van der Waals surface area contributed by atoms with Crippen LogP contribution in [-0.2, 0) is 6.54 Å². The molecule has 0 saturated carbocycles. The van der Waals surface area contributed by atoms with Gasteiger partial charge in [-0.1, -0.05) is 19.9 Å². The first-order valence-corrected chi connectivity index (χ1v) is 8.44. The maximum absolute atomic E-state index is 5.43. The number of nitrogens with zero attached hydrogens (tertiary/aromatic N) is 3. The summed E-state index contributed by atoms with van der Waals surface area (Å²) < 4.78 is 10.9. The number of H-pyrrole nitrogens is 1. The minimum Gasteiger partial charge on any atom is -0.496 e. The number of anilines is 1. The van der Waals surface area contributed by atoms with Crippen molar-refractivity contribution in [1.82, 2.24) is 20.2 Å². The van der Waals surface area contributed by atoms with Gasteiger partial charge in [-0.25, -0.2) is 9.97 Å². The Morgan fingerprint density at radius 2 is 1.85 bits per heavy atom. The van der Waals surface area contributed by atoms with Crippen LogP contribution in [0.2, 0.25) is 0 Å². The lowest BCUT2D eigenvalue weighted by molar-refractivity contribution is 0.386. The zero-order chi connectivity index (χ0) is 18.5. The summed E-state index contributed by atoms with van der Waals surface area (Å²) in [7, 11) is 3.28. The van der Waals surface area contributed by atoms with Gasteiger partial charge in [0.05, 0.1) is 37.7 Å². The van der Waals surface area contributed by atoms with Crippen LogP contribution in [0.25, 0.3) is 11.3 Å². The van der Waals surface area contributed by atoms with E-state index in [1.54, 1.807) is 20.4 Å². The molecule has 2 aromatic heterocycles. The Morgan fingerprint density at radius 1 is 1.12 bits per heavy atom. The monoisotopic (exact) mass is 353 g/mol. The molecule has 2 N–H and O–H groups in total. The highest BCUT2D eigenvalue weighted by Gasteiger charge is 2.14. The van der Waals surface area contributed by atoms with Crippen molar-refractivity contribution in [2.45, 2.75) is 26.3 Å². The molecule has 0 aliphatic carbocycles. The predicted molar refractivity (Wildman–Crippen MR) is 101 cm³/mol. The number of ether oxygens (including phenoxy) is 2. The molecule has 0 bridgehead atoms. The Kier molecular flexibility index (Phi) is 5.36. The van der Waals surface area contributed by atoms with Gasteiger partial charge in [-0.3, -0.25) is 5.10 Å². The number of benzene rings is 1. The zero-order valence-corrected chi connectivity index (χ0v) is 15.4. The lowest BCUT2D eigenvalue weighted by atomic mass is 10.0. The average molecular weight is 353 g/mol. The molecule has 0 spiro atoms. The number of hydrogen-bond donors (Lipinski definition) is 2. The normalized spacial score (nSPS) is 10.8. The molecule has 0 saturated heterocycles. The molecule has 0 atom stereocenters. The summed E-state index contributed by atoms with van der Waals surface area (Å²) in [6.45, 7) is 4.70. The number of aromatic amines is 1. The third-order valence-corrected chi connectivity index (χ3v) is 4.10. The molecule has 7 heteroatoms. The van der Waals surface area contributed by atoms with Gasteiger partial charge in [-0.15, -0.1) is 0 Å². The van der Waals surface area contributed by atoms with E-state index in [1.807, 2.05) is 30.5 Å². The fraction of sp³-hybridized carbons (Fsp3) is 0.316. The zero-order valence-electron chi connectivity index (χ0n) is 15.4. The maximum atomic E-state index is 5.43. The van der Waals surface area contributed by atoms with E-state index in [-0.39, 0.29) is 0 Å². The first-order valence-electron chi connectivity index (χ1n) is 8.44. The van der Waals surface area contributed by atoms with Crippen molar-refractivity contribution in [3.8, 4) is 22.8 Å². The number of nitrogens with one attached hydrogen (secondary N) is 2. The Balaban J connectivity index is 1.84. The van der Waals surface area contributed by atoms with Crippen molar-refractivity contribution in [2.24, 2.45) is 0 Å². The van der Waals surface area contributed by atoms with Crippen LogP contribution in [0.15, 0.2) is 36.7 Å². The summed E-state index contributed by atoms with van der Waals surface area (Å²) in [5.41, 5.74) is 3.71. The summed E-state index contributed by atoms with van der Waals surface area (Å²) in [4.78, 5) is 8.94. The molecule has 3 rings (SSSR count). The minimum absolute atomic E-state index is 0.306. The molecule has 2 heterocycles. The fourth-order valence-electron chi connectivity index (χ4n) is 2.81. The van der Waals surface area contributed by atoms with Gasteiger partial charge >= 0.3 is 0 Å². The fourth-order valence-corrected chi connectivity index (χ4v) is 2.81. The molecule has 0 radical (unpaired) electrons. The van der Waals surface area contributed by atoms with E-state index in [0.717, 1.165) is 34.0 Å². The van der Waals surface area contributed by atoms with Crippen molar-refractivity contribution in [2.75, 3.05) is 19.5 Å². The van der Waals surface area contributed by atoms with Gasteiger partial charge < -0.3 is 14.8 Å². The molecular weight excluding hydrogens is 330 g/mol. The van der Waals surface area contributed by atoms with Gasteiger partial charge in [0.15, 0.2) is 0 Å². The van der Waals surface area contributed by atoms with Crippen molar-refractivity contribution in [3.05, 3.63) is 47.9 Å². The molecule has 0 fully saturated rings. The van der Waals surface area contributed by atoms with Crippen LogP contribution in [0.3, 0.4) is 0 Å². The topological polar surface area (TPSA) is 85.0 Å². The summed E-state index contributed by atoms with van der Waals surface area (Å²) in [5, 5.41) is 10.5. The van der Waals surface area contributed by atoms with Crippen LogP contribution in [0, 0.1) is 0 Å². The van der Waals surface area contributed by atoms with E-state index in [4.69, 9.17) is 9.47 Å². The van der Waals surface area contributed by atoms with Crippen LogP contribution in [0.4, 0.5) is 5.95 Å². The smallest absolute Gasteiger partial charge is 0.223 e. The summed E-state index contributed by atoms with van der Waals surface area (Å²) in [6.07, 6.45) is 3.60. The van der Waals surface area contributed by atoms with E-state index in [1.165, 1.54) is 0 Å². The molecule has 3 aromatic rings. The van der Waals surface area contributed by atoms with Crippen LogP contribution in [-0.4, -0.2) is 34.4 Å². The molecule has 0 amide bonds. The summed E-state index contributed by atoms with van der Waals surface area (Å²) >= 11 is 0. The highest BCUT2D eigenvalue weighted by atomic mass is 16.5. The number of methoxy groups -OCH3 is 2. The second kappa shape index (κ2) is 7.86. The van der Waals surface area contributed by atoms with Crippen molar-refractivity contribution >= 4 is 5.95 Å². The second-order valence-electron chi connectivity index (χ2n) is 6.10. The Labute approximate surface area is 152 Å². The van der Waals surface area contributed by atoms with Gasteiger partial charge in [0.1, 0.15) is 11.5 Å². The molecule has 26 heavy (non-hydrogen) atoms. The summed E-state index contributed by atoms with van der Waals surface area (Å²) in [5.74, 6) is 2.35. The molecule has 136 valence electrons. The van der Waals surface area contributed by atoms with E-state index >= 15 is 0 Å². The lowest BCUT2D eigenvalue weighted by Crippen LogP contribution is -2.07. The van der Waals surface area contributed by atoms with Crippen molar-refractivity contribution < 1.29 is 9.47 Å². The van der Waals surface area contributed by atoms with Crippen LogP contribution < -0.4 is 14.8 Å². The van der Waals surface area contributed by atoms with Gasteiger partial charge in [-0.05, 0) is 24.1 Å². The maximum Gasteiger partial charge on any atom is 0.223 e. The van der Waals surface area contributed by atoms with Gasteiger partial charge in [0, 0.05) is 18.0 Å². The standard InChI is InChI=1S/C19H23N5O2/c1-12(2)18-13(11-22-24-18)15-8-9-20-19(23-15)21-10-14-16(25-3)6-5-7-17(14)26-4/h5-9,11-12H,10H2,1-4H3,(H,22,24)(H,20,21,23). The SMILES string of the molecule is COc1cccc(OC)c1CNc1nccc(-c2c[nH]nc2C(C)C)n1. The van der Waals surface area contributed by atoms with Crippen LogP contribution >= 0.6 is 0 Å². The Morgan fingerprint density at radius 3 is 2.50 bits per heavy atom. The molecule has 0 unspecified atom stereocenters. The summed E-state index contributed by atoms with van der Waals surface area (Å²) in [6, 6.07) is 7.57. The van der Waals surface area contributed by atoms with Crippen LogP contribution in [0.1, 0.15) is 31.0 Å². The molecule has 0 aliphatic heterocycles. The number of hydrogen-bond acceptors (Lipinski definition) is 6. The first-order chi connectivity index (χ1) is 12.6. The van der Waals surface area contributed by atoms with Crippen molar-refractivity contribution in [3.63, 3.8) is 0 Å². The Hall–Kier alpha value is -3.09. The third kappa shape index (κ3) is 3.61. The van der Waals surface area contributed by atoms with E-state index < -0.39 is 0 Å². The Bertz CT molecular complexity index is 854. The lowest BCUT2D eigenvalue weighted by Gasteiger charge is -2.14. The highest BCUT2D eigenvalue weighted by molar-refractivity contribution is 5.62. The predicted octanol–water partition coefficient (Wildman–Crippen LogP) is 3.62. The number of aromatic nitrogens is 4. The van der Waals surface area contributed by atoms with Crippen LogP contribution in [0.5, 0.6) is 11.5 Å². The number of rotatable bonds is 7. The van der Waals surface area contributed by atoms with Gasteiger partial charge in [-0.2, -0.15) is 5.10 Å². The molecular formula is C19H23N5O2. The van der Waals surface area contributed by atoms with E-state index in [9.17, 15) is 0 Å². The van der Waals surface area contributed by atoms with Gasteiger partial charge in [0.25, 0.3) is 0 Å². The van der Waals surface area contributed by atoms with Crippen molar-refractivity contribution in [1.29, 1.82) is 0 Å². The average Bonchev–Trinajstić information content (AvgIpc) is 3.16. The second-order valence-corrected chi connectivity index (χ2v) is 6.10. The minimum atomic E-state index is 0.306. The molecule has 0 aliphatic rings. The highest BCUT2D eigenvalue weighted by Crippen LogP contribution is 2.29. The van der Waals surface area contributed by atoms with E-state index in [2.05, 4.69) is 39.3 Å². The van der Waals surface area contributed by atoms with Gasteiger partial charge in [0.2, 0.25) is 5.95 Å². The third-order valence-electron chi connectivity index (χ3n) is 4.10. The molecule has 1 aromatic carbocycles. The first kappa shape index (κ1) is 17.7. The quantitative estimate of drug-likeness (QED) is 0.675.